The van der Waals surface area contributed by atoms with Gasteiger partial charge < -0.3 is 4.74 Å². The number of nitro groups is 1. The van der Waals surface area contributed by atoms with Crippen molar-refractivity contribution in [3.8, 4) is 0 Å². The first kappa shape index (κ1) is 18.1. The average Bonchev–Trinajstić information content (AvgIpc) is 2.82. The van der Waals surface area contributed by atoms with Crippen LogP contribution in [0.15, 0.2) is 29.2 Å². The van der Waals surface area contributed by atoms with Crippen molar-refractivity contribution in [2.24, 2.45) is 0 Å². The summed E-state index contributed by atoms with van der Waals surface area (Å²) in [4.78, 5) is 35.5. The zero-order valence-corrected chi connectivity index (χ0v) is 14.4. The molecular weight excluding hydrogens is 352 g/mol. The second kappa shape index (κ2) is 8.02. The Balaban J connectivity index is 2.04. The second-order valence-corrected chi connectivity index (χ2v) is 6.54. The van der Waals surface area contributed by atoms with E-state index in [0.29, 0.717) is 27.8 Å². The van der Waals surface area contributed by atoms with Crippen molar-refractivity contribution >= 4 is 51.9 Å². The topological polar surface area (TPSA) is 89.8 Å². The predicted molar refractivity (Wildman–Crippen MR) is 94.2 cm³/mol. The van der Waals surface area contributed by atoms with Crippen LogP contribution in [0.5, 0.6) is 0 Å². The van der Waals surface area contributed by atoms with Crippen LogP contribution >= 0.6 is 24.0 Å². The van der Waals surface area contributed by atoms with E-state index in [0.717, 1.165) is 0 Å². The molecule has 7 nitrogen and oxygen atoms in total. The molecular formula is C15H14N2O5S2. The Morgan fingerprint density at radius 2 is 2.08 bits per heavy atom. The van der Waals surface area contributed by atoms with Crippen LogP contribution in [0.3, 0.4) is 0 Å². The predicted octanol–water partition coefficient (Wildman–Crippen LogP) is 2.75. The van der Waals surface area contributed by atoms with Gasteiger partial charge in [0.15, 0.2) is 0 Å². The highest BCUT2D eigenvalue weighted by molar-refractivity contribution is 8.26. The van der Waals surface area contributed by atoms with E-state index in [-0.39, 0.29) is 24.0 Å². The Bertz CT molecular complexity index is 715. The summed E-state index contributed by atoms with van der Waals surface area (Å²) in [5.41, 5.74) is 0.665. The van der Waals surface area contributed by atoms with Crippen LogP contribution < -0.4 is 0 Å². The fraction of sp³-hybridized carbons (Fsp3) is 0.267. The Hall–Kier alpha value is -2.26. The molecule has 0 aliphatic carbocycles. The summed E-state index contributed by atoms with van der Waals surface area (Å²) in [6, 6.07) is 5.90. The minimum absolute atomic E-state index is 0.0116. The number of rotatable bonds is 6. The van der Waals surface area contributed by atoms with Gasteiger partial charge in [0.2, 0.25) is 0 Å². The number of hydrogen-bond donors (Lipinski definition) is 0. The first-order valence-corrected chi connectivity index (χ1v) is 8.21. The number of ether oxygens (including phenoxy) is 1. The van der Waals surface area contributed by atoms with E-state index in [2.05, 4.69) is 4.74 Å². The Morgan fingerprint density at radius 1 is 1.42 bits per heavy atom. The third-order valence-corrected chi connectivity index (χ3v) is 4.64. The maximum Gasteiger partial charge on any atom is 0.305 e. The first-order chi connectivity index (χ1) is 11.4. The molecule has 1 amide bonds. The van der Waals surface area contributed by atoms with E-state index in [9.17, 15) is 19.7 Å². The summed E-state index contributed by atoms with van der Waals surface area (Å²) in [6.45, 7) is 0.345. The molecule has 0 spiro atoms. The first-order valence-electron chi connectivity index (χ1n) is 6.99. The highest BCUT2D eigenvalue weighted by atomic mass is 32.2. The van der Waals surface area contributed by atoms with Crippen molar-refractivity contribution in [2.75, 3.05) is 13.7 Å². The minimum atomic E-state index is -0.482. The number of carbonyl (C=O) groups is 2. The van der Waals surface area contributed by atoms with Gasteiger partial charge in [-0.05, 0) is 30.2 Å². The van der Waals surface area contributed by atoms with Crippen LogP contribution in [0, 0.1) is 10.1 Å². The molecule has 0 radical (unpaired) electrons. The lowest BCUT2D eigenvalue weighted by Gasteiger charge is -2.13. The number of nitrogens with zero attached hydrogens (tertiary/aromatic N) is 2. The maximum atomic E-state index is 12.4. The monoisotopic (exact) mass is 366 g/mol. The van der Waals surface area contributed by atoms with Crippen LogP contribution in [0.25, 0.3) is 6.08 Å². The van der Waals surface area contributed by atoms with Gasteiger partial charge in [-0.15, -0.1) is 0 Å². The van der Waals surface area contributed by atoms with Gasteiger partial charge in [-0.2, -0.15) is 0 Å². The van der Waals surface area contributed by atoms with Crippen LogP contribution in [0.2, 0.25) is 0 Å². The SMILES string of the molecule is COC(=O)CCCN1C(=O)/C(=C/c2ccc([N+](=O)[O-])cc2)SC1=S. The standard InChI is InChI=1S/C15H14N2O5S2/c1-22-13(18)3-2-8-16-14(19)12(24-15(16)23)9-10-4-6-11(7-5-10)17(20)21/h4-7,9H,2-3,8H2,1H3/b12-9-. The largest absolute Gasteiger partial charge is 0.469 e. The summed E-state index contributed by atoms with van der Waals surface area (Å²) in [5.74, 6) is -0.560. The fourth-order valence-electron chi connectivity index (χ4n) is 2.02. The lowest BCUT2D eigenvalue weighted by Crippen LogP contribution is -2.29. The molecule has 0 saturated carbocycles. The van der Waals surface area contributed by atoms with Crippen LogP contribution in [0.4, 0.5) is 5.69 Å². The number of esters is 1. The fourth-order valence-corrected chi connectivity index (χ4v) is 3.33. The summed E-state index contributed by atoms with van der Waals surface area (Å²) >= 11 is 6.37. The third-order valence-electron chi connectivity index (χ3n) is 3.27. The minimum Gasteiger partial charge on any atom is -0.469 e. The smallest absolute Gasteiger partial charge is 0.305 e. The number of thioether (sulfide) groups is 1. The maximum absolute atomic E-state index is 12.4. The van der Waals surface area contributed by atoms with E-state index in [1.165, 1.54) is 35.9 Å². The van der Waals surface area contributed by atoms with E-state index in [4.69, 9.17) is 12.2 Å². The summed E-state index contributed by atoms with van der Waals surface area (Å²) in [6.07, 6.45) is 2.32. The van der Waals surface area contributed by atoms with Gasteiger partial charge in [0.1, 0.15) is 4.32 Å². The number of amides is 1. The third kappa shape index (κ3) is 4.39. The number of non-ortho nitro benzene ring substituents is 1. The molecule has 1 fully saturated rings. The molecule has 126 valence electrons. The van der Waals surface area contributed by atoms with Gasteiger partial charge in [-0.1, -0.05) is 24.0 Å². The Labute approximate surface area is 147 Å². The zero-order chi connectivity index (χ0) is 17.7. The van der Waals surface area contributed by atoms with Crippen molar-refractivity contribution in [3.63, 3.8) is 0 Å². The van der Waals surface area contributed by atoms with Crippen molar-refractivity contribution in [2.45, 2.75) is 12.8 Å². The Morgan fingerprint density at radius 3 is 2.67 bits per heavy atom. The number of thiocarbonyl (C=S) groups is 1. The highest BCUT2D eigenvalue weighted by Gasteiger charge is 2.31. The summed E-state index contributed by atoms with van der Waals surface area (Å²) < 4.78 is 4.98. The van der Waals surface area contributed by atoms with E-state index in [1.54, 1.807) is 18.2 Å². The zero-order valence-electron chi connectivity index (χ0n) is 12.8. The lowest BCUT2D eigenvalue weighted by molar-refractivity contribution is -0.384. The van der Waals surface area contributed by atoms with Gasteiger partial charge in [0.25, 0.3) is 11.6 Å². The summed E-state index contributed by atoms with van der Waals surface area (Å²) in [7, 11) is 1.31. The molecule has 1 aliphatic rings. The number of nitro benzene ring substituents is 1. The van der Waals surface area contributed by atoms with Gasteiger partial charge in [-0.3, -0.25) is 24.6 Å². The molecule has 24 heavy (non-hydrogen) atoms. The second-order valence-electron chi connectivity index (χ2n) is 4.86. The molecule has 0 unspecified atom stereocenters. The van der Waals surface area contributed by atoms with Crippen LogP contribution in [-0.4, -0.2) is 39.7 Å². The van der Waals surface area contributed by atoms with Crippen molar-refractivity contribution in [3.05, 3.63) is 44.8 Å². The van der Waals surface area contributed by atoms with Crippen molar-refractivity contribution < 1.29 is 19.2 Å². The van der Waals surface area contributed by atoms with Crippen LogP contribution in [-0.2, 0) is 14.3 Å². The van der Waals surface area contributed by atoms with E-state index in [1.807, 2.05) is 0 Å². The van der Waals surface area contributed by atoms with E-state index >= 15 is 0 Å². The molecule has 1 heterocycles. The highest BCUT2D eigenvalue weighted by Crippen LogP contribution is 2.32. The molecule has 0 atom stereocenters. The van der Waals surface area contributed by atoms with Gasteiger partial charge >= 0.3 is 5.97 Å². The lowest BCUT2D eigenvalue weighted by atomic mass is 10.2. The molecule has 0 bridgehead atoms. The van der Waals surface area contributed by atoms with Crippen molar-refractivity contribution in [1.29, 1.82) is 0 Å². The molecule has 0 aromatic heterocycles. The summed E-state index contributed by atoms with van der Waals surface area (Å²) in [5, 5.41) is 10.6. The number of carbonyl (C=O) groups excluding carboxylic acids is 2. The molecule has 1 saturated heterocycles. The van der Waals surface area contributed by atoms with Crippen molar-refractivity contribution in [1.82, 2.24) is 4.90 Å². The molecule has 9 heteroatoms. The van der Waals surface area contributed by atoms with Gasteiger partial charge in [0, 0.05) is 25.1 Å². The van der Waals surface area contributed by atoms with Gasteiger partial charge in [0.05, 0.1) is 16.9 Å². The van der Waals surface area contributed by atoms with Gasteiger partial charge in [-0.25, -0.2) is 0 Å². The van der Waals surface area contributed by atoms with Crippen LogP contribution in [0.1, 0.15) is 18.4 Å². The molecule has 0 N–H and O–H groups in total. The number of hydrogen-bond acceptors (Lipinski definition) is 7. The molecule has 1 aliphatic heterocycles. The quantitative estimate of drug-likeness (QED) is 0.251. The number of methoxy groups -OCH3 is 1. The molecule has 1 aromatic rings. The average molecular weight is 366 g/mol. The number of benzene rings is 1. The van der Waals surface area contributed by atoms with E-state index < -0.39 is 4.92 Å². The Kier molecular flexibility index (Phi) is 6.04. The normalized spacial score (nSPS) is 15.9. The molecule has 1 aromatic carbocycles. The molecule has 2 rings (SSSR count).